The second-order valence-corrected chi connectivity index (χ2v) is 4.21. The predicted octanol–water partition coefficient (Wildman–Crippen LogP) is 1.91. The zero-order valence-corrected chi connectivity index (χ0v) is 8.18. The van der Waals surface area contributed by atoms with Crippen molar-refractivity contribution in [1.29, 1.82) is 0 Å². The van der Waals surface area contributed by atoms with Crippen LogP contribution >= 0.6 is 0 Å². The van der Waals surface area contributed by atoms with Crippen molar-refractivity contribution in [1.82, 2.24) is 0 Å². The van der Waals surface area contributed by atoms with Crippen molar-refractivity contribution < 1.29 is 23.1 Å². The highest BCUT2D eigenvalue weighted by Crippen LogP contribution is 2.44. The molecule has 0 radical (unpaired) electrons. The maximum atomic E-state index is 12.2. The summed E-state index contributed by atoms with van der Waals surface area (Å²) in [7, 11) is 0. The molecular formula is C9H14F3NO2. The van der Waals surface area contributed by atoms with Gasteiger partial charge in [0.05, 0.1) is 11.8 Å². The highest BCUT2D eigenvalue weighted by atomic mass is 19.4. The Balaban J connectivity index is 2.76. The minimum Gasteiger partial charge on any atom is -0.481 e. The van der Waals surface area contributed by atoms with Gasteiger partial charge in [-0.05, 0) is 25.7 Å². The minimum absolute atomic E-state index is 0.0169. The first-order chi connectivity index (χ1) is 6.75. The molecule has 0 aromatic rings. The van der Waals surface area contributed by atoms with Gasteiger partial charge < -0.3 is 10.8 Å². The number of rotatable bonds is 2. The van der Waals surface area contributed by atoms with Gasteiger partial charge in [0, 0.05) is 6.04 Å². The van der Waals surface area contributed by atoms with Crippen LogP contribution in [0.3, 0.4) is 0 Å². The van der Waals surface area contributed by atoms with Gasteiger partial charge in [0.1, 0.15) is 0 Å². The molecule has 1 aliphatic carbocycles. The number of halogens is 3. The number of nitrogens with two attached hydrogens (primary N) is 1. The smallest absolute Gasteiger partial charge is 0.390 e. The molecule has 1 rings (SSSR count). The average molecular weight is 225 g/mol. The first-order valence-corrected chi connectivity index (χ1v) is 4.81. The van der Waals surface area contributed by atoms with Crippen molar-refractivity contribution in [3.05, 3.63) is 0 Å². The monoisotopic (exact) mass is 225 g/mol. The Morgan fingerprint density at radius 1 is 1.40 bits per heavy atom. The van der Waals surface area contributed by atoms with Gasteiger partial charge in [0.25, 0.3) is 0 Å². The summed E-state index contributed by atoms with van der Waals surface area (Å²) in [5.74, 6) is -1.35. The van der Waals surface area contributed by atoms with Crippen LogP contribution in [0.2, 0.25) is 0 Å². The third-order valence-electron chi connectivity index (χ3n) is 2.98. The second-order valence-electron chi connectivity index (χ2n) is 4.21. The predicted molar refractivity (Wildman–Crippen MR) is 47.2 cm³/mol. The Labute approximate surface area is 85.4 Å². The van der Waals surface area contributed by atoms with E-state index in [9.17, 15) is 18.0 Å². The van der Waals surface area contributed by atoms with E-state index in [1.165, 1.54) is 0 Å². The van der Waals surface area contributed by atoms with Crippen LogP contribution in [-0.4, -0.2) is 23.3 Å². The van der Waals surface area contributed by atoms with Crippen LogP contribution in [0.25, 0.3) is 0 Å². The van der Waals surface area contributed by atoms with Gasteiger partial charge in [0.15, 0.2) is 0 Å². The third kappa shape index (κ3) is 3.09. The van der Waals surface area contributed by atoms with Crippen LogP contribution in [0.5, 0.6) is 0 Å². The zero-order chi connectivity index (χ0) is 11.7. The molecule has 0 bridgehead atoms. The fraction of sp³-hybridized carbons (Fsp3) is 0.889. The van der Waals surface area contributed by atoms with Crippen molar-refractivity contribution in [2.24, 2.45) is 11.1 Å². The fourth-order valence-electron chi connectivity index (χ4n) is 2.04. The lowest BCUT2D eigenvalue weighted by Gasteiger charge is -2.36. The summed E-state index contributed by atoms with van der Waals surface area (Å²) < 4.78 is 36.7. The molecule has 0 unspecified atom stereocenters. The van der Waals surface area contributed by atoms with E-state index >= 15 is 0 Å². The summed E-state index contributed by atoms with van der Waals surface area (Å²) in [4.78, 5) is 10.9. The minimum atomic E-state index is -4.43. The maximum Gasteiger partial charge on any atom is 0.390 e. The van der Waals surface area contributed by atoms with Crippen molar-refractivity contribution in [2.75, 3.05) is 0 Å². The summed E-state index contributed by atoms with van der Waals surface area (Å²) in [6, 6.07) is -0.161. The summed E-state index contributed by atoms with van der Waals surface area (Å²) in [6.07, 6.45) is -4.95. The van der Waals surface area contributed by atoms with E-state index < -0.39 is 24.0 Å². The van der Waals surface area contributed by atoms with E-state index in [0.717, 1.165) is 0 Å². The third-order valence-corrected chi connectivity index (χ3v) is 2.98. The molecule has 3 N–H and O–H groups in total. The lowest BCUT2D eigenvalue weighted by atomic mass is 9.70. The number of aliphatic carboxylic acids is 1. The number of hydrogen-bond donors (Lipinski definition) is 2. The van der Waals surface area contributed by atoms with Crippen LogP contribution in [0.4, 0.5) is 13.2 Å². The summed E-state index contributed by atoms with van der Waals surface area (Å²) >= 11 is 0. The van der Waals surface area contributed by atoms with Crippen molar-refractivity contribution >= 4 is 5.97 Å². The first-order valence-electron chi connectivity index (χ1n) is 4.81. The molecule has 88 valence electrons. The summed E-state index contributed by atoms with van der Waals surface area (Å²) in [5, 5.41) is 8.90. The van der Waals surface area contributed by atoms with Crippen LogP contribution in [0.1, 0.15) is 32.1 Å². The molecule has 1 aliphatic rings. The Bertz CT molecular complexity index is 244. The summed E-state index contributed by atoms with van der Waals surface area (Å²) in [5.41, 5.74) is 3.90. The number of carboxylic acids is 1. The van der Waals surface area contributed by atoms with Crippen molar-refractivity contribution in [3.8, 4) is 0 Å². The van der Waals surface area contributed by atoms with E-state index in [0.29, 0.717) is 12.8 Å². The Kier molecular flexibility index (Phi) is 3.28. The van der Waals surface area contributed by atoms with Crippen LogP contribution < -0.4 is 5.73 Å². The largest absolute Gasteiger partial charge is 0.481 e. The lowest BCUT2D eigenvalue weighted by Crippen LogP contribution is -2.42. The normalized spacial score (nSPS) is 32.7. The van der Waals surface area contributed by atoms with Gasteiger partial charge in [-0.15, -0.1) is 0 Å². The van der Waals surface area contributed by atoms with E-state index in [2.05, 4.69) is 0 Å². The molecule has 3 nitrogen and oxygen atoms in total. The molecule has 1 fully saturated rings. The number of carbonyl (C=O) groups is 1. The van der Waals surface area contributed by atoms with E-state index in [4.69, 9.17) is 10.8 Å². The van der Waals surface area contributed by atoms with E-state index in [1.807, 2.05) is 0 Å². The molecular weight excluding hydrogens is 211 g/mol. The van der Waals surface area contributed by atoms with Gasteiger partial charge in [0.2, 0.25) is 0 Å². The fourth-order valence-corrected chi connectivity index (χ4v) is 2.04. The van der Waals surface area contributed by atoms with Gasteiger partial charge in [-0.2, -0.15) is 13.2 Å². The molecule has 0 saturated heterocycles. The quantitative estimate of drug-likeness (QED) is 0.754. The van der Waals surface area contributed by atoms with Crippen molar-refractivity contribution in [2.45, 2.75) is 44.3 Å². The molecule has 0 spiro atoms. The molecule has 15 heavy (non-hydrogen) atoms. The van der Waals surface area contributed by atoms with E-state index in [1.54, 1.807) is 0 Å². The Hall–Kier alpha value is -0.780. The molecule has 1 saturated carbocycles. The maximum absolute atomic E-state index is 12.2. The molecule has 0 aromatic carbocycles. The molecule has 0 heterocycles. The van der Waals surface area contributed by atoms with Crippen LogP contribution in [0, 0.1) is 5.41 Å². The Morgan fingerprint density at radius 3 is 2.20 bits per heavy atom. The Morgan fingerprint density at radius 2 is 1.87 bits per heavy atom. The van der Waals surface area contributed by atoms with E-state index in [-0.39, 0.29) is 18.9 Å². The highest BCUT2D eigenvalue weighted by molar-refractivity contribution is 5.74. The lowest BCUT2D eigenvalue weighted by molar-refractivity contribution is -0.183. The van der Waals surface area contributed by atoms with Gasteiger partial charge >= 0.3 is 12.1 Å². The molecule has 0 aliphatic heterocycles. The summed E-state index contributed by atoms with van der Waals surface area (Å²) in [6.45, 7) is 0. The number of carboxylic acid groups (broad SMARTS) is 1. The van der Waals surface area contributed by atoms with Gasteiger partial charge in [-0.3, -0.25) is 4.79 Å². The average Bonchev–Trinajstić information content (AvgIpc) is 2.06. The molecule has 6 heteroatoms. The van der Waals surface area contributed by atoms with Crippen LogP contribution in [-0.2, 0) is 4.79 Å². The number of alkyl halides is 3. The molecule has 0 atom stereocenters. The highest BCUT2D eigenvalue weighted by Gasteiger charge is 2.49. The SMILES string of the molecule is NC1CCC(CC(F)(F)F)(C(=O)O)CC1. The second kappa shape index (κ2) is 4.00. The first kappa shape index (κ1) is 12.3. The standard InChI is InChI=1S/C9H14F3NO2/c10-9(11,12)5-8(7(14)15)3-1-6(13)2-4-8/h6H,1-5,13H2,(H,14,15). The topological polar surface area (TPSA) is 63.3 Å². The van der Waals surface area contributed by atoms with Crippen molar-refractivity contribution in [3.63, 3.8) is 0 Å². The van der Waals surface area contributed by atoms with Crippen LogP contribution in [0.15, 0.2) is 0 Å². The van der Waals surface area contributed by atoms with Gasteiger partial charge in [-0.25, -0.2) is 0 Å². The molecule has 0 aromatic heterocycles. The number of hydrogen-bond acceptors (Lipinski definition) is 2. The molecule has 0 amide bonds. The van der Waals surface area contributed by atoms with Gasteiger partial charge in [-0.1, -0.05) is 0 Å². The zero-order valence-electron chi connectivity index (χ0n) is 8.18.